The summed E-state index contributed by atoms with van der Waals surface area (Å²) >= 11 is 1.30. The number of aromatic nitrogens is 5. The van der Waals surface area contributed by atoms with Gasteiger partial charge in [0.15, 0.2) is 5.82 Å². The van der Waals surface area contributed by atoms with Crippen molar-refractivity contribution in [3.63, 3.8) is 0 Å². The van der Waals surface area contributed by atoms with Crippen LogP contribution >= 0.6 is 11.9 Å². The second-order valence-corrected chi connectivity index (χ2v) is 6.65. The zero-order valence-corrected chi connectivity index (χ0v) is 14.8. The fraction of sp³-hybridized carbons (Fsp3) is 0.118. The number of halogens is 3. The van der Waals surface area contributed by atoms with Gasteiger partial charge in [0.2, 0.25) is 0 Å². The van der Waals surface area contributed by atoms with Crippen LogP contribution in [0.1, 0.15) is 5.56 Å². The van der Waals surface area contributed by atoms with Crippen molar-refractivity contribution in [2.75, 3.05) is 4.72 Å². The first-order chi connectivity index (χ1) is 12.9. The third-order valence-electron chi connectivity index (χ3n) is 3.90. The predicted octanol–water partition coefficient (Wildman–Crippen LogP) is 4.29. The van der Waals surface area contributed by atoms with Crippen LogP contribution in [0.5, 0.6) is 0 Å². The lowest BCUT2D eigenvalue weighted by Crippen LogP contribution is -2.07. The molecule has 4 rings (SSSR count). The summed E-state index contributed by atoms with van der Waals surface area (Å²) < 4.78 is 44.8. The summed E-state index contributed by atoms with van der Waals surface area (Å²) in [6, 6.07) is 7.75. The summed E-state index contributed by atoms with van der Waals surface area (Å²) in [4.78, 5) is 4.69. The van der Waals surface area contributed by atoms with Gasteiger partial charge in [-0.1, -0.05) is 0 Å². The van der Waals surface area contributed by atoms with Crippen molar-refractivity contribution in [3.8, 4) is 5.82 Å². The lowest BCUT2D eigenvalue weighted by Gasteiger charge is -2.07. The highest BCUT2D eigenvalue weighted by atomic mass is 32.2. The minimum atomic E-state index is -4.42. The predicted molar refractivity (Wildman–Crippen MR) is 96.6 cm³/mol. The van der Waals surface area contributed by atoms with E-state index in [9.17, 15) is 13.2 Å². The number of pyridine rings is 1. The van der Waals surface area contributed by atoms with E-state index >= 15 is 0 Å². The van der Waals surface area contributed by atoms with E-state index in [0.717, 1.165) is 39.8 Å². The maximum Gasteiger partial charge on any atom is 0.416 e. The van der Waals surface area contributed by atoms with E-state index in [1.54, 1.807) is 23.3 Å². The second-order valence-electron chi connectivity index (χ2n) is 5.77. The minimum absolute atomic E-state index is 0.105. The highest BCUT2D eigenvalue weighted by Gasteiger charge is 2.30. The standard InChI is InChI=1S/C17H13F3N6S/c1-25-15-7-13(3-2-11(15)8-22-25)24-27-14-9-23-26(10-14)16-6-12(4-5-21-16)17(18,19)20/h2-10,24H,1H3. The van der Waals surface area contributed by atoms with Crippen molar-refractivity contribution < 1.29 is 13.2 Å². The Bertz CT molecular complexity index is 1100. The van der Waals surface area contributed by atoms with Gasteiger partial charge in [-0.3, -0.25) is 4.68 Å². The molecule has 0 unspecified atom stereocenters. The summed E-state index contributed by atoms with van der Waals surface area (Å²) in [5, 5.41) is 9.33. The summed E-state index contributed by atoms with van der Waals surface area (Å²) in [7, 11) is 1.87. The van der Waals surface area contributed by atoms with Crippen LogP contribution in [0.4, 0.5) is 18.9 Å². The molecule has 0 fully saturated rings. The van der Waals surface area contributed by atoms with Crippen molar-refractivity contribution in [3.05, 3.63) is 60.7 Å². The van der Waals surface area contributed by atoms with Gasteiger partial charge in [-0.15, -0.1) is 0 Å². The van der Waals surface area contributed by atoms with Gasteiger partial charge in [-0.05, 0) is 42.3 Å². The Morgan fingerprint density at radius 3 is 2.74 bits per heavy atom. The number of benzene rings is 1. The monoisotopic (exact) mass is 390 g/mol. The third kappa shape index (κ3) is 3.61. The topological polar surface area (TPSA) is 60.6 Å². The van der Waals surface area contributed by atoms with E-state index in [-0.39, 0.29) is 5.82 Å². The highest BCUT2D eigenvalue weighted by molar-refractivity contribution is 8.00. The number of hydrogen-bond donors (Lipinski definition) is 1. The molecule has 0 aliphatic rings. The Morgan fingerprint density at radius 2 is 1.93 bits per heavy atom. The minimum Gasteiger partial charge on any atom is -0.325 e. The first kappa shape index (κ1) is 17.4. The van der Waals surface area contributed by atoms with Gasteiger partial charge in [-0.25, -0.2) is 9.67 Å². The van der Waals surface area contributed by atoms with Crippen LogP contribution in [0.25, 0.3) is 16.7 Å². The Morgan fingerprint density at radius 1 is 1.07 bits per heavy atom. The fourth-order valence-electron chi connectivity index (χ4n) is 2.53. The molecule has 0 amide bonds. The average molecular weight is 390 g/mol. The number of nitrogens with zero attached hydrogens (tertiary/aromatic N) is 5. The van der Waals surface area contributed by atoms with Gasteiger partial charge in [0.1, 0.15) is 0 Å². The van der Waals surface area contributed by atoms with E-state index in [0.29, 0.717) is 0 Å². The molecule has 0 spiro atoms. The lowest BCUT2D eigenvalue weighted by atomic mass is 10.2. The molecule has 0 aliphatic carbocycles. The number of anilines is 1. The number of aryl methyl sites for hydroxylation is 1. The van der Waals surface area contributed by atoms with Crippen LogP contribution in [0.2, 0.25) is 0 Å². The molecule has 3 heterocycles. The SMILES string of the molecule is Cn1ncc2ccc(NSc3cnn(-c4cc(C(F)(F)F)ccn4)c3)cc21. The lowest BCUT2D eigenvalue weighted by molar-refractivity contribution is -0.137. The number of hydrogen-bond acceptors (Lipinski definition) is 5. The van der Waals surface area contributed by atoms with Gasteiger partial charge in [0.05, 0.1) is 28.4 Å². The summed E-state index contributed by atoms with van der Waals surface area (Å²) in [6.45, 7) is 0. The van der Waals surface area contributed by atoms with Gasteiger partial charge >= 0.3 is 6.18 Å². The average Bonchev–Trinajstić information content (AvgIpc) is 3.27. The molecule has 6 nitrogen and oxygen atoms in total. The molecular weight excluding hydrogens is 377 g/mol. The molecule has 1 N–H and O–H groups in total. The van der Waals surface area contributed by atoms with Crippen LogP contribution in [0, 0.1) is 0 Å². The first-order valence-electron chi connectivity index (χ1n) is 7.83. The van der Waals surface area contributed by atoms with Crippen LogP contribution < -0.4 is 4.72 Å². The van der Waals surface area contributed by atoms with E-state index in [1.807, 2.05) is 25.2 Å². The van der Waals surface area contributed by atoms with Gasteiger partial charge in [0, 0.05) is 30.5 Å². The first-order valence-corrected chi connectivity index (χ1v) is 8.65. The zero-order valence-electron chi connectivity index (χ0n) is 14.0. The normalized spacial score (nSPS) is 11.9. The maximum absolute atomic E-state index is 12.8. The van der Waals surface area contributed by atoms with Crippen LogP contribution in [0.3, 0.4) is 0 Å². The van der Waals surface area contributed by atoms with Crippen molar-refractivity contribution in [2.24, 2.45) is 7.05 Å². The Balaban J connectivity index is 1.50. The maximum atomic E-state index is 12.8. The summed E-state index contributed by atoms with van der Waals surface area (Å²) in [5.74, 6) is 0.105. The molecule has 3 aromatic heterocycles. The van der Waals surface area contributed by atoms with Crippen LogP contribution in [-0.2, 0) is 13.2 Å². The van der Waals surface area contributed by atoms with Gasteiger partial charge < -0.3 is 4.72 Å². The number of rotatable bonds is 4. The molecule has 1 aromatic carbocycles. The molecule has 0 saturated carbocycles. The largest absolute Gasteiger partial charge is 0.416 e. The molecule has 0 radical (unpaired) electrons. The zero-order chi connectivity index (χ0) is 19.0. The number of nitrogens with one attached hydrogen (secondary N) is 1. The van der Waals surface area contributed by atoms with Crippen LogP contribution in [0.15, 0.2) is 60.0 Å². The molecular formula is C17H13F3N6S. The third-order valence-corrected chi connectivity index (χ3v) is 4.69. The van der Waals surface area contributed by atoms with E-state index in [4.69, 9.17) is 0 Å². The molecule has 0 saturated heterocycles. The van der Waals surface area contributed by atoms with Crippen molar-refractivity contribution in [2.45, 2.75) is 11.1 Å². The quantitative estimate of drug-likeness (QED) is 0.527. The van der Waals surface area contributed by atoms with Crippen molar-refractivity contribution in [1.29, 1.82) is 0 Å². The van der Waals surface area contributed by atoms with Gasteiger partial charge in [-0.2, -0.15) is 23.4 Å². The summed E-state index contributed by atoms with van der Waals surface area (Å²) in [5.41, 5.74) is 1.10. The number of fused-ring (bicyclic) bond motifs is 1. The second kappa shape index (κ2) is 6.62. The molecule has 4 aromatic rings. The Kier molecular flexibility index (Phi) is 4.27. The smallest absolute Gasteiger partial charge is 0.325 e. The Hall–Kier alpha value is -3.01. The molecule has 27 heavy (non-hydrogen) atoms. The van der Waals surface area contributed by atoms with E-state index < -0.39 is 11.7 Å². The van der Waals surface area contributed by atoms with E-state index in [2.05, 4.69) is 19.9 Å². The van der Waals surface area contributed by atoms with Crippen LogP contribution in [-0.4, -0.2) is 24.5 Å². The molecule has 0 atom stereocenters. The van der Waals surface area contributed by atoms with Crippen molar-refractivity contribution >= 4 is 28.5 Å². The number of alkyl halides is 3. The van der Waals surface area contributed by atoms with E-state index in [1.165, 1.54) is 16.6 Å². The molecule has 138 valence electrons. The van der Waals surface area contributed by atoms with Crippen molar-refractivity contribution in [1.82, 2.24) is 24.5 Å². The highest BCUT2D eigenvalue weighted by Crippen LogP contribution is 2.30. The molecule has 0 bridgehead atoms. The van der Waals surface area contributed by atoms with Gasteiger partial charge in [0.25, 0.3) is 0 Å². The fourth-order valence-corrected chi connectivity index (χ4v) is 3.14. The molecule has 10 heteroatoms. The molecule has 0 aliphatic heterocycles. The summed E-state index contributed by atoms with van der Waals surface area (Å²) in [6.07, 6.45) is 1.66. The Labute approximate surface area is 156 Å².